The fraction of sp³-hybridized carbons (Fsp3) is 0.923. The summed E-state index contributed by atoms with van der Waals surface area (Å²) in [4.78, 5) is 13.3. The molecule has 0 radical (unpaired) electrons. The zero-order valence-electron chi connectivity index (χ0n) is 11.9. The van der Waals surface area contributed by atoms with Crippen LogP contribution in [0.1, 0.15) is 19.3 Å². The number of carbonyl (C=O) groups excluding carboxylic acids is 1. The number of rotatable bonds is 10. The second-order valence-corrected chi connectivity index (χ2v) is 4.88. The molecule has 0 aromatic heterocycles. The second-order valence-electron chi connectivity index (χ2n) is 4.88. The maximum atomic E-state index is 11.1. The van der Waals surface area contributed by atoms with Crippen LogP contribution in [-0.4, -0.2) is 70.0 Å². The number of carbonyl (C=O) groups is 1. The minimum Gasteiger partial charge on any atom is -0.385 e. The molecule has 0 aromatic carbocycles. The van der Waals surface area contributed by atoms with E-state index in [9.17, 15) is 4.79 Å². The van der Waals surface area contributed by atoms with E-state index in [-0.39, 0.29) is 5.91 Å². The molecule has 0 aromatic rings. The average Bonchev–Trinajstić information content (AvgIpc) is 2.42. The van der Waals surface area contributed by atoms with Gasteiger partial charge < -0.3 is 20.5 Å². The van der Waals surface area contributed by atoms with Gasteiger partial charge >= 0.3 is 0 Å². The van der Waals surface area contributed by atoms with Gasteiger partial charge in [-0.15, -0.1) is 0 Å². The van der Waals surface area contributed by atoms with Gasteiger partial charge in [-0.05, 0) is 32.4 Å². The molecular formula is C13H27N3O3. The Morgan fingerprint density at radius 3 is 2.68 bits per heavy atom. The summed E-state index contributed by atoms with van der Waals surface area (Å²) >= 11 is 0. The van der Waals surface area contributed by atoms with Crippen LogP contribution in [0.4, 0.5) is 0 Å². The summed E-state index contributed by atoms with van der Waals surface area (Å²) in [6.45, 7) is 5.17. The van der Waals surface area contributed by atoms with Crippen LogP contribution in [-0.2, 0) is 14.3 Å². The highest BCUT2D eigenvalue weighted by Crippen LogP contribution is 2.11. The first-order chi connectivity index (χ1) is 9.24. The summed E-state index contributed by atoms with van der Waals surface area (Å²) < 4.78 is 10.5. The number of hydrogen-bond acceptors (Lipinski definition) is 5. The highest BCUT2D eigenvalue weighted by molar-refractivity contribution is 5.75. The maximum Gasteiger partial charge on any atom is 0.231 e. The fourth-order valence-corrected chi connectivity index (χ4v) is 2.35. The van der Waals surface area contributed by atoms with Crippen LogP contribution < -0.4 is 11.1 Å². The predicted molar refractivity (Wildman–Crippen MR) is 74.0 cm³/mol. The monoisotopic (exact) mass is 273 g/mol. The number of nitrogens with one attached hydrogen (secondary N) is 1. The lowest BCUT2D eigenvalue weighted by molar-refractivity contribution is -0.120. The average molecular weight is 273 g/mol. The molecule has 1 saturated heterocycles. The Labute approximate surface area is 115 Å². The maximum absolute atomic E-state index is 11.1. The van der Waals surface area contributed by atoms with Crippen LogP contribution in [0.2, 0.25) is 0 Å². The van der Waals surface area contributed by atoms with E-state index in [1.54, 1.807) is 7.11 Å². The van der Waals surface area contributed by atoms with Crippen molar-refractivity contribution in [1.29, 1.82) is 0 Å². The van der Waals surface area contributed by atoms with Gasteiger partial charge in [-0.1, -0.05) is 0 Å². The van der Waals surface area contributed by atoms with Gasteiger partial charge in [-0.2, -0.15) is 0 Å². The third-order valence-corrected chi connectivity index (χ3v) is 3.34. The lowest BCUT2D eigenvalue weighted by atomic mass is 10.0. The first-order valence-electron chi connectivity index (χ1n) is 7.03. The summed E-state index contributed by atoms with van der Waals surface area (Å²) in [5.74, 6) is -0.266. The summed E-state index contributed by atoms with van der Waals surface area (Å²) in [5.41, 5.74) is 5.32. The van der Waals surface area contributed by atoms with E-state index in [2.05, 4.69) is 10.2 Å². The predicted octanol–water partition coefficient (Wildman–Crippen LogP) is -0.421. The van der Waals surface area contributed by atoms with E-state index < -0.39 is 0 Å². The summed E-state index contributed by atoms with van der Waals surface area (Å²) in [5, 5.41) is 3.33. The van der Waals surface area contributed by atoms with Crippen LogP contribution in [0.5, 0.6) is 0 Å². The molecule has 6 heteroatoms. The lowest BCUT2D eigenvalue weighted by Gasteiger charge is -2.33. The van der Waals surface area contributed by atoms with E-state index in [0.717, 1.165) is 45.5 Å². The van der Waals surface area contributed by atoms with Crippen molar-refractivity contribution in [2.75, 3.05) is 53.1 Å². The van der Waals surface area contributed by atoms with Crippen LogP contribution >= 0.6 is 0 Å². The molecule has 1 fully saturated rings. The number of piperidine rings is 1. The molecule has 0 saturated carbocycles. The Morgan fingerprint density at radius 1 is 1.32 bits per heavy atom. The molecule has 1 aliphatic heterocycles. The number of nitrogens with zero attached hydrogens (tertiary/aromatic N) is 1. The Bertz CT molecular complexity index is 245. The largest absolute Gasteiger partial charge is 0.385 e. The SMILES string of the molecule is COCCCOCCN(CC(N)=O)C1CCNCC1. The molecule has 1 aliphatic rings. The minimum absolute atomic E-state index is 0.266. The third-order valence-electron chi connectivity index (χ3n) is 3.34. The minimum atomic E-state index is -0.266. The fourth-order valence-electron chi connectivity index (χ4n) is 2.35. The van der Waals surface area contributed by atoms with Gasteiger partial charge in [0, 0.05) is 32.9 Å². The van der Waals surface area contributed by atoms with E-state index in [1.165, 1.54) is 0 Å². The Kier molecular flexibility index (Phi) is 8.73. The molecule has 0 bridgehead atoms. The van der Waals surface area contributed by atoms with Crippen molar-refractivity contribution in [3.8, 4) is 0 Å². The third kappa shape index (κ3) is 7.47. The molecule has 0 spiro atoms. The number of nitrogens with two attached hydrogens (primary N) is 1. The Balaban J connectivity index is 2.22. The van der Waals surface area contributed by atoms with Crippen molar-refractivity contribution in [2.45, 2.75) is 25.3 Å². The van der Waals surface area contributed by atoms with Crippen molar-refractivity contribution in [1.82, 2.24) is 10.2 Å². The zero-order chi connectivity index (χ0) is 13.9. The Hall–Kier alpha value is -0.690. The van der Waals surface area contributed by atoms with Crippen molar-refractivity contribution in [3.63, 3.8) is 0 Å². The highest BCUT2D eigenvalue weighted by atomic mass is 16.5. The summed E-state index contributed by atoms with van der Waals surface area (Å²) in [6, 6.07) is 0.441. The molecule has 0 aliphatic carbocycles. The van der Waals surface area contributed by atoms with Gasteiger partial charge in [0.2, 0.25) is 5.91 Å². The molecular weight excluding hydrogens is 246 g/mol. The van der Waals surface area contributed by atoms with Gasteiger partial charge in [-0.25, -0.2) is 0 Å². The van der Waals surface area contributed by atoms with Gasteiger partial charge in [0.05, 0.1) is 13.2 Å². The first kappa shape index (κ1) is 16.4. The molecule has 0 atom stereocenters. The van der Waals surface area contributed by atoms with E-state index in [4.69, 9.17) is 15.2 Å². The second kappa shape index (κ2) is 10.1. The van der Waals surface area contributed by atoms with Crippen molar-refractivity contribution in [2.24, 2.45) is 5.73 Å². The number of amides is 1. The molecule has 19 heavy (non-hydrogen) atoms. The lowest BCUT2D eigenvalue weighted by Crippen LogP contribution is -2.47. The molecule has 112 valence electrons. The van der Waals surface area contributed by atoms with Gasteiger partial charge in [0.25, 0.3) is 0 Å². The molecule has 1 amide bonds. The molecule has 1 heterocycles. The van der Waals surface area contributed by atoms with Gasteiger partial charge in [0.15, 0.2) is 0 Å². The number of hydrogen-bond donors (Lipinski definition) is 2. The Morgan fingerprint density at radius 2 is 2.05 bits per heavy atom. The van der Waals surface area contributed by atoms with E-state index in [0.29, 0.717) is 25.8 Å². The molecule has 6 nitrogen and oxygen atoms in total. The van der Waals surface area contributed by atoms with Crippen molar-refractivity contribution >= 4 is 5.91 Å². The number of methoxy groups -OCH3 is 1. The van der Waals surface area contributed by atoms with Crippen LogP contribution in [0, 0.1) is 0 Å². The number of ether oxygens (including phenoxy) is 2. The highest BCUT2D eigenvalue weighted by Gasteiger charge is 2.21. The van der Waals surface area contributed by atoms with Crippen LogP contribution in [0.3, 0.4) is 0 Å². The smallest absolute Gasteiger partial charge is 0.231 e. The van der Waals surface area contributed by atoms with Crippen molar-refractivity contribution < 1.29 is 14.3 Å². The molecule has 1 rings (SSSR count). The number of primary amides is 1. The molecule has 3 N–H and O–H groups in total. The van der Waals surface area contributed by atoms with Crippen molar-refractivity contribution in [3.05, 3.63) is 0 Å². The first-order valence-corrected chi connectivity index (χ1v) is 7.03. The summed E-state index contributed by atoms with van der Waals surface area (Å²) in [7, 11) is 1.69. The van der Waals surface area contributed by atoms with Crippen LogP contribution in [0.15, 0.2) is 0 Å². The topological polar surface area (TPSA) is 76.8 Å². The van der Waals surface area contributed by atoms with E-state index in [1.807, 2.05) is 0 Å². The summed E-state index contributed by atoms with van der Waals surface area (Å²) in [6.07, 6.45) is 3.04. The molecule has 0 unspecified atom stereocenters. The normalized spacial score (nSPS) is 16.9. The van der Waals surface area contributed by atoms with E-state index >= 15 is 0 Å². The van der Waals surface area contributed by atoms with Crippen LogP contribution in [0.25, 0.3) is 0 Å². The van der Waals surface area contributed by atoms with Gasteiger partial charge in [0.1, 0.15) is 0 Å². The van der Waals surface area contributed by atoms with Gasteiger partial charge in [-0.3, -0.25) is 9.69 Å². The zero-order valence-corrected chi connectivity index (χ0v) is 11.9. The quantitative estimate of drug-likeness (QED) is 0.529. The standard InChI is InChI=1S/C13H27N3O3/c1-18-8-2-9-19-10-7-16(11-13(14)17)12-3-5-15-6-4-12/h12,15H,2-11H2,1H3,(H2,14,17).